The summed E-state index contributed by atoms with van der Waals surface area (Å²) in [5.74, 6) is -1.35. The lowest BCUT2D eigenvalue weighted by atomic mass is 10.2. The lowest BCUT2D eigenvalue weighted by Crippen LogP contribution is -2.35. The van der Waals surface area contributed by atoms with E-state index in [1.54, 1.807) is 6.08 Å². The number of carbonyl (C=O) groups excluding carboxylic acids is 3. The molecule has 0 bridgehead atoms. The summed E-state index contributed by atoms with van der Waals surface area (Å²) in [5.41, 5.74) is 0.851. The fraction of sp³-hybridized carbons (Fsp3) is 0.312. The molecule has 0 spiro atoms. The van der Waals surface area contributed by atoms with E-state index < -0.39 is 11.7 Å². The molecule has 0 radical (unpaired) electrons. The maximum Gasteiger partial charge on any atom is 0.294 e. The molecule has 0 aliphatic carbocycles. The molecule has 0 heterocycles. The third-order valence-electron chi connectivity index (χ3n) is 2.83. The molecule has 0 saturated heterocycles. The predicted octanol–water partition coefficient (Wildman–Crippen LogP) is 1.25. The van der Waals surface area contributed by atoms with E-state index in [4.69, 9.17) is 0 Å². The monoisotopic (exact) mass is 288 g/mol. The van der Waals surface area contributed by atoms with Gasteiger partial charge in [0.2, 0.25) is 11.7 Å². The number of hydrogen-bond donors (Lipinski definition) is 1. The van der Waals surface area contributed by atoms with Crippen LogP contribution in [0.1, 0.15) is 18.9 Å². The van der Waals surface area contributed by atoms with E-state index in [0.717, 1.165) is 5.56 Å². The number of nitrogens with one attached hydrogen (secondary N) is 1. The molecule has 0 saturated carbocycles. The number of amides is 2. The van der Waals surface area contributed by atoms with Crippen molar-refractivity contribution in [2.24, 2.45) is 0 Å². The summed E-state index contributed by atoms with van der Waals surface area (Å²) in [6.45, 7) is 2.59. The summed E-state index contributed by atoms with van der Waals surface area (Å²) in [6, 6.07) is 9.26. The summed E-state index contributed by atoms with van der Waals surface area (Å²) < 4.78 is 0. The van der Waals surface area contributed by atoms with Gasteiger partial charge in [0, 0.05) is 26.6 Å². The third-order valence-corrected chi connectivity index (χ3v) is 2.83. The van der Waals surface area contributed by atoms with Crippen molar-refractivity contribution in [1.82, 2.24) is 10.2 Å². The number of carbonyl (C=O) groups is 3. The number of hydrogen-bond acceptors (Lipinski definition) is 3. The minimum Gasteiger partial charge on any atom is -0.356 e. The van der Waals surface area contributed by atoms with E-state index in [1.807, 2.05) is 37.3 Å². The van der Waals surface area contributed by atoms with Gasteiger partial charge in [0.25, 0.3) is 5.91 Å². The number of benzene rings is 1. The second-order valence-electron chi connectivity index (χ2n) is 4.54. The topological polar surface area (TPSA) is 66.5 Å². The summed E-state index contributed by atoms with van der Waals surface area (Å²) >= 11 is 0. The number of likely N-dealkylation sites (N-methyl/N-ethyl adjacent to an activating group) is 1. The highest BCUT2D eigenvalue weighted by Gasteiger charge is 2.16. The van der Waals surface area contributed by atoms with Crippen molar-refractivity contribution in [3.63, 3.8) is 0 Å². The summed E-state index contributed by atoms with van der Waals surface area (Å²) in [6.07, 6.45) is 3.03. The van der Waals surface area contributed by atoms with E-state index in [0.29, 0.717) is 6.54 Å². The Morgan fingerprint density at radius 1 is 1.19 bits per heavy atom. The Morgan fingerprint density at radius 2 is 1.86 bits per heavy atom. The summed E-state index contributed by atoms with van der Waals surface area (Å²) in [4.78, 5) is 36.1. The van der Waals surface area contributed by atoms with Gasteiger partial charge in [0.15, 0.2) is 0 Å². The molecular weight excluding hydrogens is 268 g/mol. The van der Waals surface area contributed by atoms with Crippen LogP contribution in [0.5, 0.6) is 0 Å². The Hall–Kier alpha value is -2.43. The number of nitrogens with zero attached hydrogens (tertiary/aromatic N) is 1. The fourth-order valence-electron chi connectivity index (χ4n) is 1.65. The van der Waals surface area contributed by atoms with Crippen LogP contribution in [0.2, 0.25) is 0 Å². The number of rotatable bonds is 7. The van der Waals surface area contributed by atoms with Gasteiger partial charge in [0.05, 0.1) is 0 Å². The second-order valence-corrected chi connectivity index (χ2v) is 4.54. The van der Waals surface area contributed by atoms with Gasteiger partial charge in [-0.3, -0.25) is 14.4 Å². The van der Waals surface area contributed by atoms with Crippen molar-refractivity contribution < 1.29 is 14.4 Å². The quantitative estimate of drug-likeness (QED) is 0.606. The van der Waals surface area contributed by atoms with E-state index in [2.05, 4.69) is 5.32 Å². The Bertz CT molecular complexity index is 524. The van der Waals surface area contributed by atoms with E-state index >= 15 is 0 Å². The smallest absolute Gasteiger partial charge is 0.294 e. The van der Waals surface area contributed by atoms with Gasteiger partial charge in [-0.2, -0.15) is 0 Å². The van der Waals surface area contributed by atoms with E-state index in [9.17, 15) is 14.4 Å². The van der Waals surface area contributed by atoms with Crippen LogP contribution in [0.25, 0.3) is 6.08 Å². The largest absolute Gasteiger partial charge is 0.356 e. The lowest BCUT2D eigenvalue weighted by Gasteiger charge is -2.14. The van der Waals surface area contributed by atoms with Gasteiger partial charge < -0.3 is 10.2 Å². The van der Waals surface area contributed by atoms with Crippen molar-refractivity contribution in [2.75, 3.05) is 20.1 Å². The van der Waals surface area contributed by atoms with Gasteiger partial charge >= 0.3 is 0 Å². The van der Waals surface area contributed by atoms with Crippen LogP contribution in [-0.2, 0) is 14.4 Å². The van der Waals surface area contributed by atoms with Crippen molar-refractivity contribution in [1.29, 1.82) is 0 Å². The summed E-state index contributed by atoms with van der Waals surface area (Å²) in [7, 11) is 1.51. The molecule has 0 aliphatic heterocycles. The molecule has 0 aromatic heterocycles. The van der Waals surface area contributed by atoms with Crippen LogP contribution in [0.3, 0.4) is 0 Å². The number of ketones is 1. The van der Waals surface area contributed by atoms with Gasteiger partial charge in [-0.05, 0) is 18.6 Å². The van der Waals surface area contributed by atoms with Crippen molar-refractivity contribution in [3.8, 4) is 0 Å². The molecular formula is C16H20N2O3. The Balaban J connectivity index is 2.48. The van der Waals surface area contributed by atoms with Crippen LogP contribution in [0, 0.1) is 0 Å². The third kappa shape index (κ3) is 6.03. The first kappa shape index (κ1) is 16.6. The first-order valence-corrected chi connectivity index (χ1v) is 6.84. The zero-order chi connectivity index (χ0) is 15.7. The second kappa shape index (κ2) is 8.68. The molecule has 1 N–H and O–H groups in total. The molecule has 0 fully saturated rings. The average molecular weight is 288 g/mol. The zero-order valence-electron chi connectivity index (χ0n) is 12.3. The Kier molecular flexibility index (Phi) is 6.87. The standard InChI is InChI=1S/C16H20N2O3/c1-3-17-15(20)11-12-18(2)16(21)14(19)10-9-13-7-5-4-6-8-13/h4-10H,3,11-12H2,1-2H3,(H,17,20)/b10-9+. The molecule has 1 aromatic rings. The van der Waals surface area contributed by atoms with Crippen LogP contribution in [-0.4, -0.2) is 42.6 Å². The molecule has 0 aliphatic rings. The van der Waals surface area contributed by atoms with Crippen molar-refractivity contribution in [3.05, 3.63) is 42.0 Å². The van der Waals surface area contributed by atoms with E-state index in [-0.39, 0.29) is 18.9 Å². The molecule has 5 heteroatoms. The highest BCUT2D eigenvalue weighted by molar-refractivity contribution is 6.41. The molecule has 1 aromatic carbocycles. The Labute approximate surface area is 124 Å². The highest BCUT2D eigenvalue weighted by atomic mass is 16.2. The van der Waals surface area contributed by atoms with Crippen LogP contribution < -0.4 is 5.32 Å². The maximum absolute atomic E-state index is 11.8. The summed E-state index contributed by atoms with van der Waals surface area (Å²) in [5, 5.41) is 2.64. The normalized spacial score (nSPS) is 10.4. The van der Waals surface area contributed by atoms with Crippen LogP contribution >= 0.6 is 0 Å². The van der Waals surface area contributed by atoms with Crippen molar-refractivity contribution >= 4 is 23.7 Å². The van der Waals surface area contributed by atoms with Gasteiger partial charge in [-0.15, -0.1) is 0 Å². The molecule has 21 heavy (non-hydrogen) atoms. The SMILES string of the molecule is CCNC(=O)CCN(C)C(=O)C(=O)/C=C/c1ccccc1. The van der Waals surface area contributed by atoms with Gasteiger partial charge in [-0.1, -0.05) is 36.4 Å². The van der Waals surface area contributed by atoms with Crippen molar-refractivity contribution in [2.45, 2.75) is 13.3 Å². The highest BCUT2D eigenvalue weighted by Crippen LogP contribution is 2.01. The average Bonchev–Trinajstić information content (AvgIpc) is 2.50. The minimum absolute atomic E-state index is 0.135. The molecule has 5 nitrogen and oxygen atoms in total. The van der Waals surface area contributed by atoms with E-state index in [1.165, 1.54) is 18.0 Å². The zero-order valence-corrected chi connectivity index (χ0v) is 12.3. The molecule has 0 atom stereocenters. The Morgan fingerprint density at radius 3 is 2.48 bits per heavy atom. The van der Waals surface area contributed by atoms with Crippen LogP contribution in [0.15, 0.2) is 36.4 Å². The first-order chi connectivity index (χ1) is 10.0. The van der Waals surface area contributed by atoms with Crippen LogP contribution in [0.4, 0.5) is 0 Å². The fourth-order valence-corrected chi connectivity index (χ4v) is 1.65. The predicted molar refractivity (Wildman–Crippen MR) is 81.4 cm³/mol. The lowest BCUT2D eigenvalue weighted by molar-refractivity contribution is -0.141. The molecule has 112 valence electrons. The van der Waals surface area contributed by atoms with Gasteiger partial charge in [-0.25, -0.2) is 0 Å². The maximum atomic E-state index is 11.8. The van der Waals surface area contributed by atoms with Gasteiger partial charge in [0.1, 0.15) is 0 Å². The molecule has 0 unspecified atom stereocenters. The first-order valence-electron chi connectivity index (χ1n) is 6.84. The molecule has 2 amide bonds. The molecule has 1 rings (SSSR count). The minimum atomic E-state index is -0.619.